The van der Waals surface area contributed by atoms with Gasteiger partial charge in [0, 0.05) is 6.54 Å². The minimum atomic E-state index is -7.36. The number of carbonyl (C=O) groups excluding carboxylic acids is 4. The Balaban J connectivity index is 6.61. The number of nitrogens with one attached hydrogen (secondary N) is 3. The third-order valence-corrected chi connectivity index (χ3v) is 5.53. The van der Waals surface area contributed by atoms with Crippen LogP contribution in [0, 0.1) is 0 Å². The molecule has 3 N–H and O–H groups in total. The number of hydrogen-bond acceptors (Lipinski definition) is 6. The molecule has 0 aliphatic carbocycles. The lowest BCUT2D eigenvalue weighted by atomic mass is 10.1. The Bertz CT molecular complexity index is 1250. The van der Waals surface area contributed by atoms with E-state index < -0.39 is 116 Å². The van der Waals surface area contributed by atoms with Crippen molar-refractivity contribution < 1.29 is 116 Å². The van der Waals surface area contributed by atoms with Crippen molar-refractivity contribution in [1.29, 1.82) is 0 Å². The number of esters is 1. The van der Waals surface area contributed by atoms with Crippen LogP contribution in [-0.4, -0.2) is 103 Å². The summed E-state index contributed by atoms with van der Waals surface area (Å²) in [6.45, 7) is -1.07. The smallest absolute Gasteiger partial charge is 0.460 e. The summed E-state index contributed by atoms with van der Waals surface area (Å²) in [7, 11) is 0. The Morgan fingerprint density at radius 3 is 1.22 bits per heavy atom. The van der Waals surface area contributed by atoms with Crippen LogP contribution in [0.25, 0.3) is 0 Å². The van der Waals surface area contributed by atoms with Crippen LogP contribution in [-0.2, 0) is 23.9 Å². The number of amides is 3. The van der Waals surface area contributed by atoms with Crippen LogP contribution >= 0.6 is 0 Å². The molecule has 0 bridgehead atoms. The molecule has 298 valence electrons. The zero-order valence-corrected chi connectivity index (χ0v) is 24.0. The van der Waals surface area contributed by atoms with Gasteiger partial charge in [0.1, 0.15) is 6.04 Å². The number of aliphatic imine (C=N–C) groups is 1. The SMILES string of the molecule is CCCOC(=O)[C@H](CCCN=C(NC(=O)C(F)(F)C(F)(F)C(F)(F)F)NC(=O)C(F)(F)C(F)(F)C(F)(F)F)NC(=O)C(F)(F)C(F)(F)C(F)(F)F. The fraction of sp³-hybridized carbons (Fsp3) is 0.762. The molecule has 0 aliphatic rings. The van der Waals surface area contributed by atoms with E-state index in [9.17, 15) is 111 Å². The average molecular weight is 804 g/mol. The van der Waals surface area contributed by atoms with Crippen molar-refractivity contribution in [3.63, 3.8) is 0 Å². The molecule has 0 unspecified atom stereocenters. The van der Waals surface area contributed by atoms with Crippen LogP contribution in [0.4, 0.5) is 92.2 Å². The van der Waals surface area contributed by atoms with E-state index in [1.165, 1.54) is 6.92 Å². The summed E-state index contributed by atoms with van der Waals surface area (Å²) in [6.07, 6.45) is -24.5. The summed E-state index contributed by atoms with van der Waals surface area (Å²) in [5.41, 5.74) is 0. The summed E-state index contributed by atoms with van der Waals surface area (Å²) in [5.74, 6) is -58.5. The molecule has 0 aromatic carbocycles. The third kappa shape index (κ3) is 9.90. The van der Waals surface area contributed by atoms with E-state index >= 15 is 0 Å². The number of guanidine groups is 1. The highest BCUT2D eigenvalue weighted by atomic mass is 19.4. The molecule has 0 spiro atoms. The Hall–Kier alpha value is -3.92. The first-order valence-corrected chi connectivity index (χ1v) is 12.5. The van der Waals surface area contributed by atoms with Crippen molar-refractivity contribution >= 4 is 29.7 Å². The summed E-state index contributed by atoms with van der Waals surface area (Å²) in [4.78, 5) is 49.3. The van der Waals surface area contributed by atoms with Crippen molar-refractivity contribution in [3.05, 3.63) is 0 Å². The zero-order chi connectivity index (χ0) is 41.0. The van der Waals surface area contributed by atoms with Gasteiger partial charge in [0.2, 0.25) is 5.96 Å². The van der Waals surface area contributed by atoms with Gasteiger partial charge in [-0.25, -0.2) is 4.79 Å². The van der Waals surface area contributed by atoms with Crippen LogP contribution in [0.5, 0.6) is 0 Å². The van der Waals surface area contributed by atoms with Gasteiger partial charge >= 0.3 is 71.8 Å². The first-order chi connectivity index (χ1) is 22.4. The number of hydrogen-bond donors (Lipinski definition) is 3. The molecule has 0 fully saturated rings. The third-order valence-electron chi connectivity index (χ3n) is 5.53. The summed E-state index contributed by atoms with van der Waals surface area (Å²) in [5, 5.41) is 0.868. The van der Waals surface area contributed by atoms with E-state index in [4.69, 9.17) is 0 Å². The normalized spacial score (nSPS) is 14.7. The van der Waals surface area contributed by atoms with E-state index in [2.05, 4.69) is 9.73 Å². The monoisotopic (exact) mass is 804 g/mol. The molecule has 9 nitrogen and oxygen atoms in total. The van der Waals surface area contributed by atoms with Gasteiger partial charge in [-0.05, 0) is 19.3 Å². The molecule has 0 aliphatic heterocycles. The minimum absolute atomic E-state index is 0.0896. The Labute approximate surface area is 267 Å². The predicted octanol–water partition coefficient (Wildman–Crippen LogP) is 5.29. The van der Waals surface area contributed by atoms with Crippen LogP contribution in [0.3, 0.4) is 0 Å². The zero-order valence-electron chi connectivity index (χ0n) is 24.0. The number of nitrogens with zero attached hydrogens (tertiary/aromatic N) is 1. The Kier molecular flexibility index (Phi) is 14.2. The second-order valence-electron chi connectivity index (χ2n) is 9.41. The van der Waals surface area contributed by atoms with E-state index in [0.29, 0.717) is 5.32 Å². The highest BCUT2D eigenvalue weighted by Gasteiger charge is 2.78. The predicted molar refractivity (Wildman–Crippen MR) is 119 cm³/mol. The van der Waals surface area contributed by atoms with Crippen molar-refractivity contribution in [2.24, 2.45) is 4.99 Å². The summed E-state index contributed by atoms with van der Waals surface area (Å²) in [6, 6.07) is -2.74. The van der Waals surface area contributed by atoms with Gasteiger partial charge in [0.25, 0.3) is 5.91 Å². The standard InChI is InChI=1S/C21H17F21N4O5/c1-2-6-51-8(47)7(44-9(48)13(22,23)16(28,29)19(34,35)36)4-3-5-43-12(45-10(49)14(24,25)17(30,31)20(37,38)39)46-11(50)15(26,27)18(32,33)21(40,41)42/h7H,2-6H2,1H3,(H,44,48)(H2,43,45,46,49,50)/t7-/m0/s1. The minimum Gasteiger partial charge on any atom is -0.464 e. The van der Waals surface area contributed by atoms with E-state index in [1.54, 1.807) is 0 Å². The molecule has 51 heavy (non-hydrogen) atoms. The second kappa shape index (κ2) is 15.4. The van der Waals surface area contributed by atoms with Crippen molar-refractivity contribution in [1.82, 2.24) is 16.0 Å². The maximum Gasteiger partial charge on any atom is 0.460 e. The fourth-order valence-corrected chi connectivity index (χ4v) is 2.73. The molecule has 1 atom stereocenters. The lowest BCUT2D eigenvalue weighted by Gasteiger charge is -2.28. The van der Waals surface area contributed by atoms with E-state index in [0.717, 1.165) is 0 Å². The van der Waals surface area contributed by atoms with Crippen LogP contribution in [0.2, 0.25) is 0 Å². The van der Waals surface area contributed by atoms with Crippen molar-refractivity contribution in [2.75, 3.05) is 13.2 Å². The quantitative estimate of drug-likeness (QED) is 0.0724. The molecule has 30 heteroatoms. The van der Waals surface area contributed by atoms with Gasteiger partial charge in [-0.1, -0.05) is 6.92 Å². The van der Waals surface area contributed by atoms with Crippen molar-refractivity contribution in [2.45, 2.75) is 86.3 Å². The maximum atomic E-state index is 13.7. The topological polar surface area (TPSA) is 126 Å². The van der Waals surface area contributed by atoms with Gasteiger partial charge in [-0.3, -0.25) is 30.0 Å². The van der Waals surface area contributed by atoms with Crippen LogP contribution in [0.1, 0.15) is 26.2 Å². The molecule has 0 rings (SSSR count). The number of carbonyl (C=O) groups is 4. The molecule has 3 amide bonds. The van der Waals surface area contributed by atoms with Gasteiger partial charge in [-0.2, -0.15) is 92.2 Å². The largest absolute Gasteiger partial charge is 0.464 e. The Morgan fingerprint density at radius 2 is 0.902 bits per heavy atom. The fourth-order valence-electron chi connectivity index (χ4n) is 2.73. The Morgan fingerprint density at radius 1 is 0.569 bits per heavy atom. The molecule has 0 saturated heterocycles. The summed E-state index contributed by atoms with van der Waals surface area (Å²) >= 11 is 0. The molecule has 0 aromatic heterocycles. The molecule has 0 aromatic rings. The average Bonchev–Trinajstić information content (AvgIpc) is 2.94. The number of rotatable bonds is 14. The molecule has 0 saturated carbocycles. The summed E-state index contributed by atoms with van der Waals surface area (Å²) < 4.78 is 277. The maximum absolute atomic E-state index is 13.7. The second-order valence-corrected chi connectivity index (χ2v) is 9.41. The van der Waals surface area contributed by atoms with Gasteiger partial charge < -0.3 is 10.1 Å². The number of halogens is 21. The molecule has 0 heterocycles. The highest BCUT2D eigenvalue weighted by Crippen LogP contribution is 2.48. The first kappa shape index (κ1) is 47.1. The molecular formula is C21H17F21N4O5. The number of ether oxygens (including phenoxy) is 1. The van der Waals surface area contributed by atoms with Crippen molar-refractivity contribution in [3.8, 4) is 0 Å². The highest BCUT2D eigenvalue weighted by molar-refractivity contribution is 6.08. The molecule has 0 radical (unpaired) electrons. The van der Waals surface area contributed by atoms with Gasteiger partial charge in [-0.15, -0.1) is 0 Å². The van der Waals surface area contributed by atoms with Gasteiger partial charge in [0.15, 0.2) is 0 Å². The van der Waals surface area contributed by atoms with Crippen LogP contribution < -0.4 is 16.0 Å². The lowest BCUT2D eigenvalue weighted by molar-refractivity contribution is -0.344. The van der Waals surface area contributed by atoms with E-state index in [-0.39, 0.29) is 17.1 Å². The molecular weight excluding hydrogens is 787 g/mol. The van der Waals surface area contributed by atoms with Crippen LogP contribution in [0.15, 0.2) is 4.99 Å². The number of alkyl halides is 21. The van der Waals surface area contributed by atoms with Gasteiger partial charge in [0.05, 0.1) is 6.61 Å². The van der Waals surface area contributed by atoms with E-state index in [1.807, 2.05) is 0 Å². The first-order valence-electron chi connectivity index (χ1n) is 12.5. The lowest BCUT2D eigenvalue weighted by Crippen LogP contribution is -2.64.